The predicted molar refractivity (Wildman–Crippen MR) is 61.9 cm³/mol. The molecule has 0 aliphatic heterocycles. The molecule has 4 nitrogen and oxygen atoms in total. The first-order chi connectivity index (χ1) is 7.67. The topological polar surface area (TPSA) is 47.6 Å². The van der Waals surface area contributed by atoms with Crippen LogP contribution in [0, 0.1) is 0 Å². The zero-order valence-corrected chi connectivity index (χ0v) is 10.0. The molecule has 0 aliphatic rings. The molecule has 0 bridgehead atoms. The molecule has 1 aromatic rings. The van der Waals surface area contributed by atoms with Crippen molar-refractivity contribution in [1.29, 1.82) is 0 Å². The standard InChI is InChI=1S/C11H14ClNO3/c1-3-16-10-5-4-8(6-9(10)12)7-13-11(14)15-2/h4-6H,3,7H2,1-2H3,(H,13,14). The zero-order chi connectivity index (χ0) is 12.0. The molecule has 88 valence electrons. The van der Waals surface area contributed by atoms with Gasteiger partial charge in [-0.15, -0.1) is 0 Å². The largest absolute Gasteiger partial charge is 0.492 e. The molecule has 5 heteroatoms. The summed E-state index contributed by atoms with van der Waals surface area (Å²) >= 11 is 5.99. The van der Waals surface area contributed by atoms with Gasteiger partial charge in [-0.05, 0) is 24.6 Å². The molecule has 0 radical (unpaired) electrons. The van der Waals surface area contributed by atoms with Gasteiger partial charge in [-0.2, -0.15) is 0 Å². The SMILES string of the molecule is CCOc1ccc(CNC(=O)OC)cc1Cl. The summed E-state index contributed by atoms with van der Waals surface area (Å²) in [6.07, 6.45) is -0.468. The predicted octanol–water partition coefficient (Wildman–Crippen LogP) is 2.59. The Morgan fingerprint density at radius 2 is 2.25 bits per heavy atom. The van der Waals surface area contributed by atoms with E-state index in [0.717, 1.165) is 5.56 Å². The minimum atomic E-state index is -0.468. The van der Waals surface area contributed by atoms with Gasteiger partial charge in [0.2, 0.25) is 0 Å². The van der Waals surface area contributed by atoms with Crippen molar-refractivity contribution in [3.05, 3.63) is 28.8 Å². The summed E-state index contributed by atoms with van der Waals surface area (Å²) in [7, 11) is 1.32. The Morgan fingerprint density at radius 1 is 1.50 bits per heavy atom. The Morgan fingerprint density at radius 3 is 2.81 bits per heavy atom. The van der Waals surface area contributed by atoms with Crippen LogP contribution >= 0.6 is 11.6 Å². The second kappa shape index (κ2) is 6.23. The fourth-order valence-electron chi connectivity index (χ4n) is 1.17. The molecule has 1 aromatic carbocycles. The monoisotopic (exact) mass is 243 g/mol. The smallest absolute Gasteiger partial charge is 0.407 e. The number of amides is 1. The highest BCUT2D eigenvalue weighted by molar-refractivity contribution is 6.32. The lowest BCUT2D eigenvalue weighted by molar-refractivity contribution is 0.170. The van der Waals surface area contributed by atoms with E-state index in [1.54, 1.807) is 12.1 Å². The maximum atomic E-state index is 10.8. The van der Waals surface area contributed by atoms with E-state index >= 15 is 0 Å². The summed E-state index contributed by atoms with van der Waals surface area (Å²) in [4.78, 5) is 10.8. The van der Waals surface area contributed by atoms with Gasteiger partial charge in [0.1, 0.15) is 5.75 Å². The Hall–Kier alpha value is -1.42. The number of methoxy groups -OCH3 is 1. The maximum Gasteiger partial charge on any atom is 0.407 e. The highest BCUT2D eigenvalue weighted by Crippen LogP contribution is 2.25. The number of rotatable bonds is 4. The third-order valence-electron chi connectivity index (χ3n) is 1.92. The molecule has 0 heterocycles. The number of hydrogen-bond acceptors (Lipinski definition) is 3. The van der Waals surface area contributed by atoms with E-state index in [2.05, 4.69) is 10.1 Å². The lowest BCUT2D eigenvalue weighted by atomic mass is 10.2. The van der Waals surface area contributed by atoms with Gasteiger partial charge in [0.25, 0.3) is 0 Å². The first kappa shape index (κ1) is 12.6. The second-order valence-electron chi connectivity index (χ2n) is 3.04. The van der Waals surface area contributed by atoms with Gasteiger partial charge in [0, 0.05) is 6.54 Å². The van der Waals surface area contributed by atoms with Crippen molar-refractivity contribution in [1.82, 2.24) is 5.32 Å². The lowest BCUT2D eigenvalue weighted by Crippen LogP contribution is -2.22. The Balaban J connectivity index is 2.62. The summed E-state index contributed by atoms with van der Waals surface area (Å²) in [6, 6.07) is 5.37. The normalized spacial score (nSPS) is 9.69. The molecular weight excluding hydrogens is 230 g/mol. The summed E-state index contributed by atoms with van der Waals surface area (Å²) in [6.45, 7) is 2.83. The minimum absolute atomic E-state index is 0.374. The molecule has 0 saturated heterocycles. The molecule has 0 aromatic heterocycles. The minimum Gasteiger partial charge on any atom is -0.492 e. The van der Waals surface area contributed by atoms with Gasteiger partial charge in [0.15, 0.2) is 0 Å². The van der Waals surface area contributed by atoms with Crippen molar-refractivity contribution in [2.75, 3.05) is 13.7 Å². The van der Waals surface area contributed by atoms with E-state index in [-0.39, 0.29) is 0 Å². The van der Waals surface area contributed by atoms with Crippen LogP contribution in [0.3, 0.4) is 0 Å². The van der Waals surface area contributed by atoms with E-state index in [1.165, 1.54) is 7.11 Å². The molecule has 0 spiro atoms. The first-order valence-electron chi connectivity index (χ1n) is 4.90. The molecule has 0 aliphatic carbocycles. The van der Waals surface area contributed by atoms with E-state index in [0.29, 0.717) is 23.9 Å². The van der Waals surface area contributed by atoms with Crippen LogP contribution in [-0.2, 0) is 11.3 Å². The van der Waals surface area contributed by atoms with Gasteiger partial charge in [-0.3, -0.25) is 0 Å². The van der Waals surface area contributed by atoms with Gasteiger partial charge in [-0.1, -0.05) is 17.7 Å². The van der Waals surface area contributed by atoms with Crippen LogP contribution in [0.2, 0.25) is 5.02 Å². The first-order valence-corrected chi connectivity index (χ1v) is 5.28. The van der Waals surface area contributed by atoms with Crippen LogP contribution in [0.5, 0.6) is 5.75 Å². The number of alkyl carbamates (subject to hydrolysis) is 1. The van der Waals surface area contributed by atoms with Gasteiger partial charge >= 0.3 is 6.09 Å². The Labute approximate surface area is 99.5 Å². The number of hydrogen-bond donors (Lipinski definition) is 1. The highest BCUT2D eigenvalue weighted by Gasteiger charge is 2.04. The number of carbonyl (C=O) groups is 1. The molecule has 0 fully saturated rings. The highest BCUT2D eigenvalue weighted by atomic mass is 35.5. The maximum absolute atomic E-state index is 10.8. The second-order valence-corrected chi connectivity index (χ2v) is 3.45. The summed E-state index contributed by atoms with van der Waals surface area (Å²) in [5, 5.41) is 3.10. The molecule has 16 heavy (non-hydrogen) atoms. The quantitative estimate of drug-likeness (QED) is 0.884. The van der Waals surface area contributed by atoms with Crippen LogP contribution < -0.4 is 10.1 Å². The fourth-order valence-corrected chi connectivity index (χ4v) is 1.43. The van der Waals surface area contributed by atoms with Crippen LogP contribution in [-0.4, -0.2) is 19.8 Å². The van der Waals surface area contributed by atoms with Crippen LogP contribution in [0.15, 0.2) is 18.2 Å². The molecule has 1 N–H and O–H groups in total. The Bertz CT molecular complexity index is 368. The summed E-state index contributed by atoms with van der Waals surface area (Å²) in [5.74, 6) is 0.644. The molecule has 1 amide bonds. The van der Waals surface area contributed by atoms with Crippen molar-refractivity contribution >= 4 is 17.7 Å². The number of halogens is 1. The van der Waals surface area contributed by atoms with Crippen molar-refractivity contribution < 1.29 is 14.3 Å². The molecule has 0 unspecified atom stereocenters. The van der Waals surface area contributed by atoms with Crippen LogP contribution in [0.25, 0.3) is 0 Å². The van der Waals surface area contributed by atoms with Gasteiger partial charge in [-0.25, -0.2) is 4.79 Å². The third kappa shape index (κ3) is 3.62. The van der Waals surface area contributed by atoms with Crippen molar-refractivity contribution in [3.8, 4) is 5.75 Å². The summed E-state index contributed by atoms with van der Waals surface area (Å²) < 4.78 is 9.75. The van der Waals surface area contributed by atoms with Crippen LogP contribution in [0.1, 0.15) is 12.5 Å². The van der Waals surface area contributed by atoms with E-state index in [1.807, 2.05) is 13.0 Å². The van der Waals surface area contributed by atoms with Crippen LogP contribution in [0.4, 0.5) is 4.79 Å². The third-order valence-corrected chi connectivity index (χ3v) is 2.21. The van der Waals surface area contributed by atoms with Gasteiger partial charge < -0.3 is 14.8 Å². The van der Waals surface area contributed by atoms with E-state index < -0.39 is 6.09 Å². The molecule has 0 saturated carbocycles. The lowest BCUT2D eigenvalue weighted by Gasteiger charge is -2.08. The molecule has 1 rings (SSSR count). The number of ether oxygens (including phenoxy) is 2. The van der Waals surface area contributed by atoms with E-state index in [4.69, 9.17) is 16.3 Å². The fraction of sp³-hybridized carbons (Fsp3) is 0.364. The molecule has 0 atom stereocenters. The number of carbonyl (C=O) groups excluding carboxylic acids is 1. The van der Waals surface area contributed by atoms with E-state index in [9.17, 15) is 4.79 Å². The zero-order valence-electron chi connectivity index (χ0n) is 9.25. The molecular formula is C11H14ClNO3. The average Bonchev–Trinajstić information content (AvgIpc) is 2.29. The van der Waals surface area contributed by atoms with Crippen molar-refractivity contribution in [3.63, 3.8) is 0 Å². The number of nitrogens with one attached hydrogen (secondary N) is 1. The van der Waals surface area contributed by atoms with Gasteiger partial charge in [0.05, 0.1) is 18.7 Å². The average molecular weight is 244 g/mol. The summed E-state index contributed by atoms with van der Waals surface area (Å²) in [5.41, 5.74) is 0.888. The van der Waals surface area contributed by atoms with Crippen molar-refractivity contribution in [2.24, 2.45) is 0 Å². The Kier molecular flexibility index (Phi) is 4.92. The van der Waals surface area contributed by atoms with Crippen molar-refractivity contribution in [2.45, 2.75) is 13.5 Å². The number of benzene rings is 1.